The first kappa shape index (κ1) is 16.8. The number of rotatable bonds is 2. The fraction of sp³-hybridized carbons (Fsp3) is 0.889. The van der Waals surface area contributed by atoms with Gasteiger partial charge in [-0.25, -0.2) is 4.79 Å². The summed E-state index contributed by atoms with van der Waals surface area (Å²) in [6.45, 7) is 0.155. The molecule has 2 atom stereocenters. The van der Waals surface area contributed by atoms with E-state index in [4.69, 9.17) is 0 Å². The van der Waals surface area contributed by atoms with Crippen molar-refractivity contribution in [2.45, 2.75) is 37.7 Å². The number of hydrogen-bond acceptors (Lipinski definition) is 3. The van der Waals surface area contributed by atoms with Crippen LogP contribution in [0.1, 0.15) is 13.8 Å². The normalized spacial score (nSPS) is 32.2. The van der Waals surface area contributed by atoms with Gasteiger partial charge in [0.25, 0.3) is 11.4 Å². The Labute approximate surface area is 109 Å². The minimum Gasteiger partial charge on any atom is -0.359 e. The monoisotopic (exact) mass is 310 g/mol. The second-order valence-corrected chi connectivity index (χ2v) is 4.11. The summed E-state index contributed by atoms with van der Waals surface area (Å²) >= 11 is 0. The Bertz CT molecular complexity index is 375. The average Bonchev–Trinajstić information content (AvgIpc) is 2.44. The first-order valence-electron chi connectivity index (χ1n) is 5.48. The van der Waals surface area contributed by atoms with E-state index in [1.165, 1.54) is 0 Å². The van der Waals surface area contributed by atoms with Crippen LogP contribution in [-0.2, 0) is 0 Å². The Morgan fingerprint density at radius 3 is 1.30 bits per heavy atom. The summed E-state index contributed by atoms with van der Waals surface area (Å²) in [5.41, 5.74) is -9.56. The largest absolute Gasteiger partial charge is 0.442 e. The van der Waals surface area contributed by atoms with Crippen LogP contribution < -0.4 is 0 Å². The summed E-state index contributed by atoms with van der Waals surface area (Å²) in [5.74, 6) is 0. The van der Waals surface area contributed by atoms with Crippen LogP contribution in [0.15, 0.2) is 0 Å². The summed E-state index contributed by atoms with van der Waals surface area (Å²) in [5, 5.41) is 19.2. The molecule has 1 rings (SSSR count). The quantitative estimate of drug-likeness (QED) is 0.755. The molecule has 2 N–H and O–H groups in total. The molecule has 2 unspecified atom stereocenters. The van der Waals surface area contributed by atoms with E-state index in [0.29, 0.717) is 0 Å². The zero-order chi connectivity index (χ0) is 16.1. The maximum absolute atomic E-state index is 13.0. The van der Waals surface area contributed by atoms with Crippen molar-refractivity contribution in [3.8, 4) is 0 Å². The second kappa shape index (κ2) is 4.38. The molecule has 2 amide bonds. The van der Waals surface area contributed by atoms with Gasteiger partial charge < -0.3 is 10.2 Å². The van der Waals surface area contributed by atoms with E-state index in [9.17, 15) is 41.4 Å². The van der Waals surface area contributed by atoms with E-state index < -0.39 is 52.7 Å². The van der Waals surface area contributed by atoms with Gasteiger partial charge in [0.2, 0.25) is 0 Å². The lowest BCUT2D eigenvalue weighted by Gasteiger charge is -2.43. The summed E-state index contributed by atoms with van der Waals surface area (Å²) in [6.07, 6.45) is -11.8. The molecule has 0 aromatic heterocycles. The Kier molecular flexibility index (Phi) is 3.69. The summed E-state index contributed by atoms with van der Waals surface area (Å²) in [6, 6.07) is -1.75. The average molecular weight is 310 g/mol. The maximum Gasteiger partial charge on any atom is 0.442 e. The van der Waals surface area contributed by atoms with Crippen LogP contribution >= 0.6 is 0 Å². The van der Waals surface area contributed by atoms with Crippen LogP contribution in [0.5, 0.6) is 0 Å². The minimum atomic E-state index is -5.91. The highest BCUT2D eigenvalue weighted by atomic mass is 19.4. The van der Waals surface area contributed by atoms with E-state index in [2.05, 4.69) is 0 Å². The molecule has 11 heteroatoms. The van der Waals surface area contributed by atoms with Gasteiger partial charge in [-0.05, 0) is 13.8 Å². The van der Waals surface area contributed by atoms with Gasteiger partial charge in [0.1, 0.15) is 0 Å². The number of alkyl halides is 6. The summed E-state index contributed by atoms with van der Waals surface area (Å²) < 4.78 is 77.8. The number of halogens is 6. The van der Waals surface area contributed by atoms with Crippen molar-refractivity contribution in [2.24, 2.45) is 0 Å². The fourth-order valence-corrected chi connectivity index (χ4v) is 2.23. The number of nitrogens with zero attached hydrogens (tertiary/aromatic N) is 2. The molecule has 0 saturated carbocycles. The van der Waals surface area contributed by atoms with Gasteiger partial charge in [0.05, 0.1) is 0 Å². The fourth-order valence-electron chi connectivity index (χ4n) is 2.23. The SMILES string of the molecule is CCN1C(=O)N(CC)C(O)(C(F)(F)F)C1(O)C(F)(F)F. The van der Waals surface area contributed by atoms with Gasteiger partial charge in [-0.15, -0.1) is 0 Å². The first-order chi connectivity index (χ1) is 8.80. The van der Waals surface area contributed by atoms with Crippen molar-refractivity contribution >= 4 is 6.03 Å². The van der Waals surface area contributed by atoms with Gasteiger partial charge in [0, 0.05) is 13.1 Å². The van der Waals surface area contributed by atoms with Gasteiger partial charge in [-0.1, -0.05) is 0 Å². The topological polar surface area (TPSA) is 64.0 Å². The van der Waals surface area contributed by atoms with Crippen LogP contribution in [0, 0.1) is 0 Å². The molecule has 1 aliphatic heterocycles. The van der Waals surface area contributed by atoms with Crippen molar-refractivity contribution in [1.82, 2.24) is 9.80 Å². The highest BCUT2D eigenvalue weighted by Gasteiger charge is 2.86. The predicted octanol–water partition coefficient (Wildman–Crippen LogP) is 1.27. The van der Waals surface area contributed by atoms with Crippen molar-refractivity contribution in [3.05, 3.63) is 0 Å². The highest BCUT2D eigenvalue weighted by molar-refractivity contribution is 5.79. The van der Waals surface area contributed by atoms with E-state index in [1.807, 2.05) is 0 Å². The Hall–Kier alpha value is -1.23. The number of urea groups is 1. The molecule has 20 heavy (non-hydrogen) atoms. The third kappa shape index (κ3) is 1.68. The Morgan fingerprint density at radius 2 is 1.15 bits per heavy atom. The number of amides is 2. The number of aliphatic hydroxyl groups is 2. The molecule has 1 fully saturated rings. The number of carbonyl (C=O) groups excluding carboxylic acids is 1. The van der Waals surface area contributed by atoms with E-state index >= 15 is 0 Å². The smallest absolute Gasteiger partial charge is 0.359 e. The predicted molar refractivity (Wildman–Crippen MR) is 52.2 cm³/mol. The zero-order valence-electron chi connectivity index (χ0n) is 10.4. The third-order valence-corrected chi connectivity index (χ3v) is 3.15. The lowest BCUT2D eigenvalue weighted by Crippen LogP contribution is -2.74. The lowest BCUT2D eigenvalue weighted by atomic mass is 9.97. The van der Waals surface area contributed by atoms with E-state index in [1.54, 1.807) is 0 Å². The van der Waals surface area contributed by atoms with Gasteiger partial charge in [0.15, 0.2) is 0 Å². The molecule has 0 aromatic carbocycles. The van der Waals surface area contributed by atoms with Crippen molar-refractivity contribution in [1.29, 1.82) is 0 Å². The maximum atomic E-state index is 13.0. The molecule has 118 valence electrons. The van der Waals surface area contributed by atoms with Crippen LogP contribution in [0.3, 0.4) is 0 Å². The molecule has 1 aliphatic rings. The van der Waals surface area contributed by atoms with Gasteiger partial charge >= 0.3 is 18.4 Å². The van der Waals surface area contributed by atoms with E-state index in [-0.39, 0.29) is 0 Å². The standard InChI is InChI=1S/C9H12F6N2O3/c1-3-16-5(18)17(4-2)7(20,9(13,14)15)6(16,19)8(10,11)12/h19-20H,3-4H2,1-2H3. The minimum absolute atomic E-state index is 0.454. The van der Waals surface area contributed by atoms with Crippen molar-refractivity contribution < 1.29 is 41.4 Å². The van der Waals surface area contributed by atoms with Crippen LogP contribution in [-0.4, -0.2) is 62.9 Å². The van der Waals surface area contributed by atoms with Gasteiger partial charge in [-0.3, -0.25) is 9.80 Å². The van der Waals surface area contributed by atoms with Crippen molar-refractivity contribution in [2.75, 3.05) is 13.1 Å². The molecule has 1 saturated heterocycles. The van der Waals surface area contributed by atoms with Crippen LogP contribution in [0.2, 0.25) is 0 Å². The molecule has 0 bridgehead atoms. The molecule has 0 spiro atoms. The molecule has 5 nitrogen and oxygen atoms in total. The molecule has 0 aliphatic carbocycles. The number of likely N-dealkylation sites (N-methyl/N-ethyl adjacent to an activating group) is 2. The number of carbonyl (C=O) groups is 1. The Balaban J connectivity index is 3.69. The first-order valence-corrected chi connectivity index (χ1v) is 5.48. The molecule has 0 aromatic rings. The lowest BCUT2D eigenvalue weighted by molar-refractivity contribution is -0.424. The Morgan fingerprint density at radius 1 is 0.900 bits per heavy atom. The zero-order valence-corrected chi connectivity index (χ0v) is 10.4. The third-order valence-electron chi connectivity index (χ3n) is 3.15. The van der Waals surface area contributed by atoms with Gasteiger partial charge in [-0.2, -0.15) is 26.3 Å². The number of hydrogen-bond donors (Lipinski definition) is 2. The molecule has 0 radical (unpaired) electrons. The second-order valence-electron chi connectivity index (χ2n) is 4.11. The van der Waals surface area contributed by atoms with E-state index in [0.717, 1.165) is 13.8 Å². The molecular weight excluding hydrogens is 298 g/mol. The van der Waals surface area contributed by atoms with Crippen LogP contribution in [0.25, 0.3) is 0 Å². The molecule has 1 heterocycles. The summed E-state index contributed by atoms with van der Waals surface area (Å²) in [7, 11) is 0. The summed E-state index contributed by atoms with van der Waals surface area (Å²) in [4.78, 5) is 10.7. The highest BCUT2D eigenvalue weighted by Crippen LogP contribution is 2.54. The van der Waals surface area contributed by atoms with Crippen molar-refractivity contribution in [3.63, 3.8) is 0 Å². The molecular formula is C9H12F6N2O3. The van der Waals surface area contributed by atoms with Crippen LogP contribution in [0.4, 0.5) is 31.1 Å².